The molecular weight excluding hydrogens is 502 g/mol. The van der Waals surface area contributed by atoms with Crippen LogP contribution in [0, 0.1) is 23.6 Å². The van der Waals surface area contributed by atoms with Crippen LogP contribution < -0.4 is 14.8 Å². The third-order valence-electron chi connectivity index (χ3n) is 6.71. The van der Waals surface area contributed by atoms with E-state index in [2.05, 4.69) is 27.2 Å². The molecule has 5 rings (SSSR count). The summed E-state index contributed by atoms with van der Waals surface area (Å²) in [4.78, 5) is 11.1. The summed E-state index contributed by atoms with van der Waals surface area (Å²) in [7, 11) is 3.80. The van der Waals surface area contributed by atoms with Crippen molar-refractivity contribution in [3.63, 3.8) is 0 Å². The van der Waals surface area contributed by atoms with Gasteiger partial charge in [0, 0.05) is 24.5 Å². The molecule has 2 fully saturated rings. The lowest BCUT2D eigenvalue weighted by Crippen LogP contribution is -2.18. The zero-order valence-corrected chi connectivity index (χ0v) is 21.2. The van der Waals surface area contributed by atoms with E-state index in [-0.39, 0.29) is 28.1 Å². The van der Waals surface area contributed by atoms with E-state index in [0.717, 1.165) is 11.8 Å². The third kappa shape index (κ3) is 4.85. The minimum Gasteiger partial charge on any atom is -0.493 e. The van der Waals surface area contributed by atoms with Gasteiger partial charge in [-0.05, 0) is 55.8 Å². The zero-order valence-electron chi connectivity index (χ0n) is 18.9. The van der Waals surface area contributed by atoms with Crippen molar-refractivity contribution in [3.05, 3.63) is 46.5 Å². The Bertz CT molecular complexity index is 1180. The van der Waals surface area contributed by atoms with E-state index in [9.17, 15) is 4.39 Å². The van der Waals surface area contributed by atoms with Gasteiger partial charge in [-0.1, -0.05) is 23.2 Å². The van der Waals surface area contributed by atoms with Gasteiger partial charge in [0.2, 0.25) is 0 Å². The zero-order chi connectivity index (χ0) is 23.1. The van der Waals surface area contributed by atoms with Gasteiger partial charge in [0.05, 0.1) is 35.0 Å². The molecule has 10 heteroatoms. The van der Waals surface area contributed by atoms with E-state index < -0.39 is 5.82 Å². The summed E-state index contributed by atoms with van der Waals surface area (Å²) in [5.41, 5.74) is 0.829. The number of hydrogen-bond donors (Lipinski definition) is 1. The van der Waals surface area contributed by atoms with E-state index in [1.807, 2.05) is 6.07 Å². The molecule has 3 atom stereocenters. The Balaban J connectivity index is 0.00000274. The van der Waals surface area contributed by atoms with Crippen molar-refractivity contribution in [1.29, 1.82) is 0 Å². The summed E-state index contributed by atoms with van der Waals surface area (Å²) in [6.45, 7) is 3.03. The van der Waals surface area contributed by atoms with Gasteiger partial charge in [-0.15, -0.1) is 12.4 Å². The van der Waals surface area contributed by atoms with Gasteiger partial charge in [0.1, 0.15) is 12.1 Å². The maximum absolute atomic E-state index is 14.5. The normalized spacial score (nSPS) is 21.9. The maximum atomic E-state index is 14.5. The van der Waals surface area contributed by atoms with Crippen molar-refractivity contribution in [3.8, 4) is 11.5 Å². The molecule has 2 heterocycles. The molecule has 2 aromatic carbocycles. The predicted octanol–water partition coefficient (Wildman–Crippen LogP) is 6.22. The number of likely N-dealkylation sites (tertiary alicyclic amines) is 1. The van der Waals surface area contributed by atoms with Crippen molar-refractivity contribution in [2.24, 2.45) is 17.8 Å². The maximum Gasteiger partial charge on any atom is 0.166 e. The fourth-order valence-corrected chi connectivity index (χ4v) is 5.50. The highest BCUT2D eigenvalue weighted by atomic mass is 35.5. The monoisotopic (exact) mass is 526 g/mol. The number of ether oxygens (including phenoxy) is 2. The minimum absolute atomic E-state index is 0. The van der Waals surface area contributed by atoms with Crippen molar-refractivity contribution in [2.45, 2.75) is 12.8 Å². The van der Waals surface area contributed by atoms with Gasteiger partial charge >= 0.3 is 0 Å². The van der Waals surface area contributed by atoms with Crippen LogP contribution in [0.1, 0.15) is 12.8 Å². The van der Waals surface area contributed by atoms with E-state index in [1.165, 1.54) is 44.4 Å². The first-order valence-electron chi connectivity index (χ1n) is 11.0. The highest BCUT2D eigenvalue weighted by Crippen LogP contribution is 2.42. The molecule has 1 saturated heterocycles. The molecule has 6 nitrogen and oxygen atoms in total. The van der Waals surface area contributed by atoms with Gasteiger partial charge in [0.25, 0.3) is 0 Å². The number of fused-ring (bicyclic) bond motifs is 2. The van der Waals surface area contributed by atoms with Gasteiger partial charge < -0.3 is 19.7 Å². The van der Waals surface area contributed by atoms with Crippen LogP contribution in [-0.2, 0) is 0 Å². The number of hydrogen-bond acceptors (Lipinski definition) is 6. The number of benzene rings is 2. The number of methoxy groups -OCH3 is 1. The first-order valence-corrected chi connectivity index (χ1v) is 11.7. The Morgan fingerprint density at radius 3 is 2.56 bits per heavy atom. The van der Waals surface area contributed by atoms with Gasteiger partial charge in [-0.2, -0.15) is 0 Å². The second-order valence-electron chi connectivity index (χ2n) is 8.98. The van der Waals surface area contributed by atoms with Crippen LogP contribution in [0.4, 0.5) is 15.9 Å². The van der Waals surface area contributed by atoms with E-state index in [0.29, 0.717) is 40.7 Å². The quantitative estimate of drug-likeness (QED) is 0.384. The number of nitrogens with one attached hydrogen (secondary N) is 1. The average molecular weight is 528 g/mol. The van der Waals surface area contributed by atoms with Crippen LogP contribution in [0.25, 0.3) is 10.9 Å². The SMILES string of the molecule is COc1cc2c(Nc3ccc(Cl)c(Cl)c3F)ncnc2cc1OCC1C[C@@H]2CN(C)C[C@@H]2C1.Cl. The Labute approximate surface area is 214 Å². The molecule has 0 bridgehead atoms. The highest BCUT2D eigenvalue weighted by molar-refractivity contribution is 6.42. The molecule has 0 spiro atoms. The summed E-state index contributed by atoms with van der Waals surface area (Å²) >= 11 is 11.8. The van der Waals surface area contributed by atoms with Crippen LogP contribution in [0.3, 0.4) is 0 Å². The van der Waals surface area contributed by atoms with Crippen LogP contribution in [0.15, 0.2) is 30.6 Å². The Kier molecular flexibility index (Phi) is 7.57. The summed E-state index contributed by atoms with van der Waals surface area (Å²) in [5.74, 6) is 3.12. The molecule has 1 saturated carbocycles. The van der Waals surface area contributed by atoms with Crippen molar-refractivity contribution in [1.82, 2.24) is 14.9 Å². The fourth-order valence-electron chi connectivity index (χ4n) is 5.19. The highest BCUT2D eigenvalue weighted by Gasteiger charge is 2.39. The van der Waals surface area contributed by atoms with Gasteiger partial charge in [-0.25, -0.2) is 14.4 Å². The molecule has 1 aromatic heterocycles. The molecule has 1 unspecified atom stereocenters. The smallest absolute Gasteiger partial charge is 0.166 e. The first-order chi connectivity index (χ1) is 15.9. The molecule has 2 aliphatic rings. The molecule has 0 radical (unpaired) electrons. The molecule has 3 aromatic rings. The average Bonchev–Trinajstić information content (AvgIpc) is 3.34. The third-order valence-corrected chi connectivity index (χ3v) is 7.50. The largest absolute Gasteiger partial charge is 0.493 e. The minimum atomic E-state index is -0.643. The lowest BCUT2D eigenvalue weighted by molar-refractivity contribution is 0.227. The van der Waals surface area contributed by atoms with Crippen molar-refractivity contribution in [2.75, 3.05) is 39.2 Å². The standard InChI is InChI=1S/C24H25Cl2FN4O2.ClH/c1-31-9-14-5-13(6-15(14)10-31)11-33-21-8-19-16(7-20(21)32-2)24(29-12-28-19)30-18-4-3-17(25)22(26)23(18)27;/h3-4,7-8,12-15H,5-6,9-11H2,1-2H3,(H,28,29,30);1H/t13?,14-,15+;. The number of aromatic nitrogens is 2. The molecule has 182 valence electrons. The lowest BCUT2D eigenvalue weighted by Gasteiger charge is -2.17. The number of nitrogens with zero attached hydrogens (tertiary/aromatic N) is 3. The van der Waals surface area contributed by atoms with E-state index >= 15 is 0 Å². The second kappa shape index (κ2) is 10.3. The molecule has 1 aliphatic heterocycles. The predicted molar refractivity (Wildman–Crippen MR) is 136 cm³/mol. The Morgan fingerprint density at radius 1 is 1.12 bits per heavy atom. The summed E-state index contributed by atoms with van der Waals surface area (Å²) in [6, 6.07) is 6.69. The fraction of sp³-hybridized carbons (Fsp3) is 0.417. The van der Waals surface area contributed by atoms with Crippen LogP contribution in [0.5, 0.6) is 11.5 Å². The summed E-state index contributed by atoms with van der Waals surface area (Å²) in [6.07, 6.45) is 3.83. The van der Waals surface area contributed by atoms with Gasteiger partial charge in [-0.3, -0.25) is 0 Å². The van der Waals surface area contributed by atoms with Crippen LogP contribution in [-0.4, -0.2) is 48.7 Å². The molecule has 34 heavy (non-hydrogen) atoms. The summed E-state index contributed by atoms with van der Waals surface area (Å²) in [5, 5.41) is 3.66. The molecule has 0 amide bonds. The molecule has 1 N–H and O–H groups in total. The van der Waals surface area contributed by atoms with E-state index in [1.54, 1.807) is 13.2 Å². The number of halogens is 4. The Morgan fingerprint density at radius 2 is 1.85 bits per heavy atom. The Hall–Kier alpha value is -2.06. The van der Waals surface area contributed by atoms with Gasteiger partial charge in [0.15, 0.2) is 17.3 Å². The molecule has 1 aliphatic carbocycles. The molecular formula is C24H26Cl3FN4O2. The number of anilines is 2. The summed E-state index contributed by atoms with van der Waals surface area (Å²) < 4.78 is 26.3. The van der Waals surface area contributed by atoms with Crippen LogP contribution in [0.2, 0.25) is 10.0 Å². The van der Waals surface area contributed by atoms with Crippen molar-refractivity contribution < 1.29 is 13.9 Å². The van der Waals surface area contributed by atoms with Crippen molar-refractivity contribution >= 4 is 58.0 Å². The number of rotatable bonds is 6. The first kappa shape index (κ1) is 25.0. The second-order valence-corrected chi connectivity index (χ2v) is 9.77. The van der Waals surface area contributed by atoms with Crippen LogP contribution >= 0.6 is 35.6 Å². The topological polar surface area (TPSA) is 59.5 Å². The van der Waals surface area contributed by atoms with E-state index in [4.69, 9.17) is 32.7 Å². The lowest BCUT2D eigenvalue weighted by atomic mass is 10.0.